The molecule has 2 heterocycles. The molecule has 2 aromatic carbocycles. The summed E-state index contributed by atoms with van der Waals surface area (Å²) < 4.78 is 5.53. The normalized spacial score (nSPS) is 17.9. The predicted octanol–water partition coefficient (Wildman–Crippen LogP) is 5.39. The van der Waals surface area contributed by atoms with E-state index < -0.39 is 17.7 Å². The molecule has 31 heavy (non-hydrogen) atoms. The third-order valence-corrected chi connectivity index (χ3v) is 6.21. The Kier molecular flexibility index (Phi) is 5.65. The molecule has 1 N–H and O–H groups in total. The van der Waals surface area contributed by atoms with Crippen LogP contribution in [0.15, 0.2) is 65.6 Å². The molecule has 158 valence electrons. The van der Waals surface area contributed by atoms with Gasteiger partial charge in [-0.3, -0.25) is 14.5 Å². The summed E-state index contributed by atoms with van der Waals surface area (Å²) in [6, 6.07) is 15.7. The Hall–Kier alpha value is -3.38. The fourth-order valence-electron chi connectivity index (χ4n) is 3.93. The molecule has 0 aliphatic carbocycles. The van der Waals surface area contributed by atoms with E-state index in [9.17, 15) is 14.7 Å². The minimum atomic E-state index is -0.697. The summed E-state index contributed by atoms with van der Waals surface area (Å²) in [5, 5.41) is 13.1. The molecule has 0 spiro atoms. The number of thiophene rings is 1. The summed E-state index contributed by atoms with van der Waals surface area (Å²) in [6.07, 6.45) is 0. The number of aliphatic hydroxyl groups is 1. The third kappa shape index (κ3) is 3.75. The highest BCUT2D eigenvalue weighted by molar-refractivity contribution is 7.10. The smallest absolute Gasteiger partial charge is 0.300 e. The zero-order valence-corrected chi connectivity index (χ0v) is 18.4. The second-order valence-electron chi connectivity index (χ2n) is 7.44. The SMILES string of the molecule is CCOc1cccc(/C(O)=C2/C(=O)C(=O)N(c3ccc(C)cc3C)C2c2cccs2)c1. The Balaban J connectivity index is 1.91. The topological polar surface area (TPSA) is 66.8 Å². The summed E-state index contributed by atoms with van der Waals surface area (Å²) in [6.45, 7) is 6.25. The quantitative estimate of drug-likeness (QED) is 0.333. The van der Waals surface area contributed by atoms with Gasteiger partial charge in [-0.05, 0) is 56.0 Å². The molecule has 0 saturated carbocycles. The highest BCUT2D eigenvalue weighted by Crippen LogP contribution is 2.44. The number of Topliss-reactive ketones (excluding diaryl/α,β-unsaturated/α-hetero) is 1. The molecule has 1 atom stereocenters. The summed E-state index contributed by atoms with van der Waals surface area (Å²) in [5.74, 6) is -0.959. The fourth-order valence-corrected chi connectivity index (χ4v) is 4.75. The molecular weight excluding hydrogens is 410 g/mol. The number of nitrogens with zero attached hydrogens (tertiary/aromatic N) is 1. The molecule has 1 fully saturated rings. The first-order valence-electron chi connectivity index (χ1n) is 10.1. The van der Waals surface area contributed by atoms with E-state index >= 15 is 0 Å². The van der Waals surface area contributed by atoms with Crippen LogP contribution in [-0.2, 0) is 9.59 Å². The van der Waals surface area contributed by atoms with Crippen molar-refractivity contribution in [3.63, 3.8) is 0 Å². The molecule has 6 heteroatoms. The first-order valence-corrected chi connectivity index (χ1v) is 10.9. The average Bonchev–Trinajstić information content (AvgIpc) is 3.36. The number of hydrogen-bond donors (Lipinski definition) is 1. The van der Waals surface area contributed by atoms with E-state index in [0.29, 0.717) is 23.6 Å². The molecule has 0 radical (unpaired) electrons. The van der Waals surface area contributed by atoms with E-state index in [-0.39, 0.29) is 11.3 Å². The summed E-state index contributed by atoms with van der Waals surface area (Å²) >= 11 is 1.44. The molecule has 1 unspecified atom stereocenters. The number of anilines is 1. The van der Waals surface area contributed by atoms with Gasteiger partial charge in [-0.2, -0.15) is 0 Å². The number of benzene rings is 2. The van der Waals surface area contributed by atoms with E-state index in [2.05, 4.69) is 0 Å². The molecule has 1 aromatic heterocycles. The van der Waals surface area contributed by atoms with Crippen LogP contribution in [0.5, 0.6) is 5.75 Å². The van der Waals surface area contributed by atoms with E-state index in [1.165, 1.54) is 16.2 Å². The van der Waals surface area contributed by atoms with Gasteiger partial charge >= 0.3 is 0 Å². The van der Waals surface area contributed by atoms with Gasteiger partial charge in [-0.15, -0.1) is 11.3 Å². The molecule has 0 bridgehead atoms. The van der Waals surface area contributed by atoms with Crippen molar-refractivity contribution in [3.8, 4) is 5.75 Å². The summed E-state index contributed by atoms with van der Waals surface area (Å²) in [5.41, 5.74) is 3.14. The van der Waals surface area contributed by atoms with Crippen molar-refractivity contribution < 1.29 is 19.4 Å². The van der Waals surface area contributed by atoms with Gasteiger partial charge in [-0.1, -0.05) is 35.9 Å². The Morgan fingerprint density at radius 1 is 1.10 bits per heavy atom. The highest BCUT2D eigenvalue weighted by Gasteiger charge is 2.47. The van der Waals surface area contributed by atoms with Crippen LogP contribution in [-0.4, -0.2) is 23.4 Å². The molecule has 1 aliphatic rings. The van der Waals surface area contributed by atoms with Gasteiger partial charge in [-0.25, -0.2) is 0 Å². The van der Waals surface area contributed by atoms with Gasteiger partial charge < -0.3 is 9.84 Å². The minimum Gasteiger partial charge on any atom is -0.507 e. The van der Waals surface area contributed by atoms with Crippen LogP contribution in [0, 0.1) is 13.8 Å². The maximum atomic E-state index is 13.2. The third-order valence-electron chi connectivity index (χ3n) is 5.29. The van der Waals surface area contributed by atoms with Gasteiger partial charge in [0.25, 0.3) is 11.7 Å². The number of amides is 1. The van der Waals surface area contributed by atoms with Crippen LogP contribution in [0.25, 0.3) is 5.76 Å². The number of rotatable bonds is 5. The first-order chi connectivity index (χ1) is 14.9. The van der Waals surface area contributed by atoms with Gasteiger partial charge in [0.15, 0.2) is 0 Å². The zero-order valence-electron chi connectivity index (χ0n) is 17.6. The maximum Gasteiger partial charge on any atom is 0.300 e. The van der Waals surface area contributed by atoms with Crippen molar-refractivity contribution in [2.75, 3.05) is 11.5 Å². The number of hydrogen-bond acceptors (Lipinski definition) is 5. The number of carbonyl (C=O) groups excluding carboxylic acids is 2. The maximum absolute atomic E-state index is 13.2. The van der Waals surface area contributed by atoms with Gasteiger partial charge in [0, 0.05) is 16.1 Å². The monoisotopic (exact) mass is 433 g/mol. The van der Waals surface area contributed by atoms with Crippen molar-refractivity contribution in [1.82, 2.24) is 0 Å². The Morgan fingerprint density at radius 2 is 1.90 bits per heavy atom. The number of carbonyl (C=O) groups is 2. The van der Waals surface area contributed by atoms with Crippen LogP contribution in [0.1, 0.15) is 34.5 Å². The fraction of sp³-hybridized carbons (Fsp3) is 0.200. The van der Waals surface area contributed by atoms with E-state index in [1.54, 1.807) is 24.3 Å². The predicted molar refractivity (Wildman–Crippen MR) is 123 cm³/mol. The first kappa shape index (κ1) is 20.9. The average molecular weight is 434 g/mol. The second kappa shape index (κ2) is 8.40. The van der Waals surface area contributed by atoms with Crippen LogP contribution in [0.4, 0.5) is 5.69 Å². The summed E-state index contributed by atoms with van der Waals surface area (Å²) in [7, 11) is 0. The largest absolute Gasteiger partial charge is 0.507 e. The lowest BCUT2D eigenvalue weighted by atomic mass is 9.99. The lowest BCUT2D eigenvalue weighted by Crippen LogP contribution is -2.29. The van der Waals surface area contributed by atoms with E-state index in [1.807, 2.05) is 56.5 Å². The zero-order chi connectivity index (χ0) is 22.1. The van der Waals surface area contributed by atoms with Crippen molar-refractivity contribution in [3.05, 3.63) is 87.1 Å². The Bertz CT molecular complexity index is 1180. The van der Waals surface area contributed by atoms with E-state index in [0.717, 1.165) is 16.0 Å². The summed E-state index contributed by atoms with van der Waals surface area (Å²) in [4.78, 5) is 28.6. The van der Waals surface area contributed by atoms with Gasteiger partial charge in [0.05, 0.1) is 12.2 Å². The van der Waals surface area contributed by atoms with Crippen molar-refractivity contribution in [2.45, 2.75) is 26.8 Å². The molecule has 1 aliphatic heterocycles. The minimum absolute atomic E-state index is 0.0843. The molecule has 5 nitrogen and oxygen atoms in total. The highest BCUT2D eigenvalue weighted by atomic mass is 32.1. The molecule has 1 saturated heterocycles. The van der Waals surface area contributed by atoms with Crippen LogP contribution < -0.4 is 9.64 Å². The number of aliphatic hydroxyl groups excluding tert-OH is 1. The van der Waals surface area contributed by atoms with Crippen LogP contribution in [0.2, 0.25) is 0 Å². The van der Waals surface area contributed by atoms with Crippen LogP contribution >= 0.6 is 11.3 Å². The van der Waals surface area contributed by atoms with Crippen molar-refractivity contribution >= 4 is 34.5 Å². The molecule has 4 rings (SSSR count). The second-order valence-corrected chi connectivity index (χ2v) is 8.41. The lowest BCUT2D eigenvalue weighted by Gasteiger charge is -2.26. The Morgan fingerprint density at radius 3 is 2.58 bits per heavy atom. The lowest BCUT2D eigenvalue weighted by molar-refractivity contribution is -0.132. The number of ketones is 1. The van der Waals surface area contributed by atoms with Gasteiger partial charge in [0.2, 0.25) is 0 Å². The molecule has 3 aromatic rings. The van der Waals surface area contributed by atoms with Gasteiger partial charge in [0.1, 0.15) is 17.6 Å². The van der Waals surface area contributed by atoms with Crippen molar-refractivity contribution in [2.24, 2.45) is 0 Å². The van der Waals surface area contributed by atoms with Crippen LogP contribution in [0.3, 0.4) is 0 Å². The standard InChI is InChI=1S/C25H23NO4S/c1-4-30-18-8-5-7-17(14-18)23(27)21-22(20-9-6-12-31-20)26(25(29)24(21)28)19-11-10-15(2)13-16(19)3/h5-14,22,27H,4H2,1-3H3/b23-21-. The number of aryl methyl sites for hydroxylation is 2. The Labute approximate surface area is 185 Å². The molecule has 1 amide bonds. The van der Waals surface area contributed by atoms with E-state index in [4.69, 9.17) is 4.74 Å². The molecular formula is C25H23NO4S. The number of ether oxygens (including phenoxy) is 1. The van der Waals surface area contributed by atoms with Crippen molar-refractivity contribution in [1.29, 1.82) is 0 Å².